The van der Waals surface area contributed by atoms with Crippen molar-refractivity contribution in [2.75, 3.05) is 26.1 Å². The van der Waals surface area contributed by atoms with Crippen LogP contribution in [-0.4, -0.2) is 41.5 Å². The molecule has 7 heteroatoms. The Morgan fingerprint density at radius 1 is 1.03 bits per heavy atom. The highest BCUT2D eigenvalue weighted by Crippen LogP contribution is 2.33. The Kier molecular flexibility index (Phi) is 5.29. The van der Waals surface area contributed by atoms with Gasteiger partial charge in [0.25, 0.3) is 5.91 Å². The summed E-state index contributed by atoms with van der Waals surface area (Å²) in [6.45, 7) is 1.12. The van der Waals surface area contributed by atoms with E-state index in [1.165, 1.54) is 5.56 Å². The minimum absolute atomic E-state index is 0.121. The van der Waals surface area contributed by atoms with Gasteiger partial charge < -0.3 is 19.7 Å². The molecule has 0 bridgehead atoms. The van der Waals surface area contributed by atoms with Gasteiger partial charge in [-0.15, -0.1) is 0 Å². The van der Waals surface area contributed by atoms with Gasteiger partial charge in [-0.25, -0.2) is 9.97 Å². The first-order valence-electron chi connectivity index (χ1n) is 9.36. The number of anilines is 2. The number of amides is 1. The fourth-order valence-electron chi connectivity index (χ4n) is 3.41. The number of nitrogens with one attached hydrogen (secondary N) is 1. The molecule has 1 amide bonds. The van der Waals surface area contributed by atoms with Crippen LogP contribution in [0.3, 0.4) is 0 Å². The third kappa shape index (κ3) is 3.99. The van der Waals surface area contributed by atoms with Gasteiger partial charge in [-0.1, -0.05) is 18.2 Å². The summed E-state index contributed by atoms with van der Waals surface area (Å²) < 4.78 is 10.8. The first-order chi connectivity index (χ1) is 14.2. The Morgan fingerprint density at radius 3 is 2.48 bits per heavy atom. The molecule has 0 unspecified atom stereocenters. The number of carbonyl (C=O) groups is 1. The largest absolute Gasteiger partial charge is 0.493 e. The summed E-state index contributed by atoms with van der Waals surface area (Å²) in [5, 5.41) is 3.12. The minimum atomic E-state index is -0.121. The predicted molar refractivity (Wildman–Crippen MR) is 110 cm³/mol. The second-order valence-corrected chi connectivity index (χ2v) is 6.71. The molecule has 0 saturated carbocycles. The Balaban J connectivity index is 1.53. The number of methoxy groups -OCH3 is 2. The Bertz CT molecular complexity index is 1020. The average molecular weight is 390 g/mol. The number of hydrogen-bond acceptors (Lipinski definition) is 6. The van der Waals surface area contributed by atoms with Crippen molar-refractivity contribution in [3.8, 4) is 11.5 Å². The normalized spacial score (nSPS) is 12.8. The lowest BCUT2D eigenvalue weighted by Crippen LogP contribution is -2.36. The molecule has 7 nitrogen and oxygen atoms in total. The number of nitrogens with zero attached hydrogens (tertiary/aromatic N) is 3. The molecule has 1 aliphatic heterocycles. The van der Waals surface area contributed by atoms with Gasteiger partial charge in [0.15, 0.2) is 11.5 Å². The van der Waals surface area contributed by atoms with Crippen LogP contribution in [0.5, 0.6) is 11.5 Å². The van der Waals surface area contributed by atoms with E-state index in [4.69, 9.17) is 9.47 Å². The van der Waals surface area contributed by atoms with Gasteiger partial charge in [0.2, 0.25) is 5.95 Å². The van der Waals surface area contributed by atoms with Crippen LogP contribution in [0.25, 0.3) is 0 Å². The van der Waals surface area contributed by atoms with Crippen molar-refractivity contribution in [2.24, 2.45) is 0 Å². The predicted octanol–water partition coefficient (Wildman–Crippen LogP) is 3.44. The van der Waals surface area contributed by atoms with Crippen molar-refractivity contribution in [1.29, 1.82) is 0 Å². The van der Waals surface area contributed by atoms with Crippen molar-refractivity contribution < 1.29 is 14.3 Å². The molecule has 1 aliphatic rings. The lowest BCUT2D eigenvalue weighted by atomic mass is 9.98. The molecule has 0 radical (unpaired) electrons. The number of benzene rings is 2. The second-order valence-electron chi connectivity index (χ2n) is 6.71. The number of fused-ring (bicyclic) bond motifs is 1. The molecule has 0 atom stereocenters. The number of ether oxygens (including phenoxy) is 2. The van der Waals surface area contributed by atoms with Crippen LogP contribution in [-0.2, 0) is 13.0 Å². The van der Waals surface area contributed by atoms with Gasteiger partial charge in [-0.2, -0.15) is 0 Å². The molecule has 4 rings (SSSR count). The monoisotopic (exact) mass is 390 g/mol. The summed E-state index contributed by atoms with van der Waals surface area (Å²) in [7, 11) is 3.23. The molecule has 1 N–H and O–H groups in total. The fourth-order valence-corrected chi connectivity index (χ4v) is 3.41. The van der Waals surface area contributed by atoms with Crippen LogP contribution in [0.1, 0.15) is 21.6 Å². The number of aromatic nitrogens is 2. The maximum Gasteiger partial charge on any atom is 0.272 e. The van der Waals surface area contributed by atoms with E-state index < -0.39 is 0 Å². The van der Waals surface area contributed by atoms with E-state index in [0.717, 1.165) is 17.7 Å². The fraction of sp³-hybridized carbons (Fsp3) is 0.227. The van der Waals surface area contributed by atoms with Crippen molar-refractivity contribution in [3.05, 3.63) is 71.5 Å². The molecular weight excluding hydrogens is 368 g/mol. The van der Waals surface area contributed by atoms with Crippen LogP contribution in [0.4, 0.5) is 11.6 Å². The lowest BCUT2D eigenvalue weighted by Gasteiger charge is -2.29. The minimum Gasteiger partial charge on any atom is -0.493 e. The topological polar surface area (TPSA) is 76.6 Å². The summed E-state index contributed by atoms with van der Waals surface area (Å²) in [4.78, 5) is 23.5. The second kappa shape index (κ2) is 8.18. The quantitative estimate of drug-likeness (QED) is 0.719. The van der Waals surface area contributed by atoms with Gasteiger partial charge in [0.1, 0.15) is 5.69 Å². The van der Waals surface area contributed by atoms with Crippen molar-refractivity contribution in [1.82, 2.24) is 14.9 Å². The zero-order valence-electron chi connectivity index (χ0n) is 16.4. The molecule has 3 aromatic rings. The maximum absolute atomic E-state index is 13.0. The standard InChI is InChI=1S/C22H22N4O3/c1-28-19-12-15-9-11-26(14-16(15)13-20(19)29-2)21(27)18-8-10-23-22(25-18)24-17-6-4-3-5-7-17/h3-8,10,12-13H,9,11,14H2,1-2H3,(H,23,24,25). The van der Waals surface area contributed by atoms with Gasteiger partial charge in [0, 0.05) is 25.0 Å². The SMILES string of the molecule is COc1cc2c(cc1OC)CN(C(=O)c1ccnc(Nc3ccccc3)n1)CC2. The lowest BCUT2D eigenvalue weighted by molar-refractivity contribution is 0.0728. The summed E-state index contributed by atoms with van der Waals surface area (Å²) in [5.41, 5.74) is 3.45. The van der Waals surface area contributed by atoms with Crippen LogP contribution in [0, 0.1) is 0 Å². The number of carbonyl (C=O) groups excluding carboxylic acids is 1. The molecule has 0 fully saturated rings. The van der Waals surface area contributed by atoms with E-state index in [0.29, 0.717) is 36.2 Å². The first-order valence-corrected chi connectivity index (χ1v) is 9.36. The summed E-state index contributed by atoms with van der Waals surface area (Å²) >= 11 is 0. The molecule has 0 saturated heterocycles. The molecule has 0 aliphatic carbocycles. The highest BCUT2D eigenvalue weighted by molar-refractivity contribution is 5.92. The Labute approximate surface area is 169 Å². The van der Waals surface area contributed by atoms with E-state index in [1.54, 1.807) is 31.4 Å². The molecule has 29 heavy (non-hydrogen) atoms. The molecule has 148 valence electrons. The molecule has 0 spiro atoms. The van der Waals surface area contributed by atoms with Crippen molar-refractivity contribution >= 4 is 17.5 Å². The number of rotatable bonds is 5. The van der Waals surface area contributed by atoms with E-state index in [-0.39, 0.29) is 5.91 Å². The molecule has 2 aromatic carbocycles. The van der Waals surface area contributed by atoms with Gasteiger partial charge in [-0.05, 0) is 47.9 Å². The third-order valence-corrected chi connectivity index (χ3v) is 4.91. The van der Waals surface area contributed by atoms with Gasteiger partial charge in [-0.3, -0.25) is 4.79 Å². The maximum atomic E-state index is 13.0. The smallest absolute Gasteiger partial charge is 0.272 e. The molecule has 1 aromatic heterocycles. The van der Waals surface area contributed by atoms with Crippen LogP contribution in [0.2, 0.25) is 0 Å². The van der Waals surface area contributed by atoms with Crippen molar-refractivity contribution in [2.45, 2.75) is 13.0 Å². The van der Waals surface area contributed by atoms with E-state index in [9.17, 15) is 4.79 Å². The molecular formula is C22H22N4O3. The highest BCUT2D eigenvalue weighted by Gasteiger charge is 2.24. The van der Waals surface area contributed by atoms with Gasteiger partial charge >= 0.3 is 0 Å². The van der Waals surface area contributed by atoms with Crippen molar-refractivity contribution in [3.63, 3.8) is 0 Å². The van der Waals surface area contributed by atoms with Crippen LogP contribution < -0.4 is 14.8 Å². The van der Waals surface area contributed by atoms with E-state index in [2.05, 4.69) is 15.3 Å². The number of para-hydroxylation sites is 1. The third-order valence-electron chi connectivity index (χ3n) is 4.91. The Hall–Kier alpha value is -3.61. The summed E-state index contributed by atoms with van der Waals surface area (Å²) in [5.74, 6) is 1.64. The first kappa shape index (κ1) is 18.7. The van der Waals surface area contributed by atoms with Crippen LogP contribution in [0.15, 0.2) is 54.7 Å². The summed E-state index contributed by atoms with van der Waals surface area (Å²) in [6.07, 6.45) is 2.35. The zero-order valence-corrected chi connectivity index (χ0v) is 16.4. The molecule has 2 heterocycles. The van der Waals surface area contributed by atoms with E-state index in [1.807, 2.05) is 42.5 Å². The van der Waals surface area contributed by atoms with Gasteiger partial charge in [0.05, 0.1) is 14.2 Å². The number of hydrogen-bond donors (Lipinski definition) is 1. The highest BCUT2D eigenvalue weighted by atomic mass is 16.5. The van der Waals surface area contributed by atoms with E-state index >= 15 is 0 Å². The summed E-state index contributed by atoms with van der Waals surface area (Å²) in [6, 6.07) is 15.2. The Morgan fingerprint density at radius 2 is 1.76 bits per heavy atom. The zero-order chi connectivity index (χ0) is 20.2. The van der Waals surface area contributed by atoms with Crippen LogP contribution >= 0.6 is 0 Å². The average Bonchev–Trinajstić information content (AvgIpc) is 2.78.